The lowest BCUT2D eigenvalue weighted by Gasteiger charge is -2.19. The van der Waals surface area contributed by atoms with Crippen LogP contribution >= 0.6 is 113 Å². The summed E-state index contributed by atoms with van der Waals surface area (Å²) in [5.41, 5.74) is 5.63. The molecule has 0 aliphatic heterocycles. The van der Waals surface area contributed by atoms with Crippen molar-refractivity contribution in [3.05, 3.63) is 113 Å². The Balaban J connectivity index is 0.964. The van der Waals surface area contributed by atoms with Crippen LogP contribution in [0.15, 0.2) is 71.4 Å². The standard InChI is InChI=1S/C72H80O2S10/c1-7-13-17-19-21-23-28-45-31-33-48(77-45)59-63-67-52(37-39-76-67)81-71(63)60(49-34-32-46(78-49)29-24-22-20-18-14-8-2)64-70-56(83-72(59)64)42-53(82-70)47-35-36-51(79-47)69-62-61(68(84-69)50-30-25-38-75-50)65(73)57-54(40-43(11-5)26-15-9-3)80-55(58(57)66(62)74)41-44(12-6)27-16-10-4/h25,30-39,42-44H,7-24,26-29,40-41H2,1-6H3. The molecule has 0 saturated heterocycles. The van der Waals surface area contributed by atoms with Crippen molar-refractivity contribution in [2.45, 2.75) is 196 Å². The summed E-state index contributed by atoms with van der Waals surface area (Å²) in [4.78, 5) is 46.2. The molecule has 0 fully saturated rings. The van der Waals surface area contributed by atoms with Crippen LogP contribution in [0.2, 0.25) is 0 Å². The van der Waals surface area contributed by atoms with Crippen LogP contribution in [0.4, 0.5) is 0 Å². The number of thiophene rings is 10. The van der Waals surface area contributed by atoms with E-state index in [0.29, 0.717) is 23.0 Å². The molecule has 1 aliphatic rings. The van der Waals surface area contributed by atoms with Crippen LogP contribution in [0.3, 0.4) is 0 Å². The summed E-state index contributed by atoms with van der Waals surface area (Å²) in [5.74, 6) is 1.13. The minimum Gasteiger partial charge on any atom is -0.288 e. The second kappa shape index (κ2) is 28.0. The van der Waals surface area contributed by atoms with Crippen molar-refractivity contribution >= 4 is 164 Å². The maximum absolute atomic E-state index is 15.8. The number of carbonyl (C=O) groups is 2. The number of aryl methyl sites for hydroxylation is 2. The fourth-order valence-corrected chi connectivity index (χ4v) is 25.3. The fourth-order valence-electron chi connectivity index (χ4n) is 13.0. The third kappa shape index (κ3) is 12.2. The predicted octanol–water partition coefficient (Wildman–Crippen LogP) is 27.3. The van der Waals surface area contributed by atoms with Crippen molar-refractivity contribution in [1.29, 1.82) is 0 Å². The first-order valence-electron chi connectivity index (χ1n) is 31.8. The van der Waals surface area contributed by atoms with E-state index in [2.05, 4.69) is 113 Å². The molecule has 0 N–H and O–H groups in total. The number of benzene rings is 1. The van der Waals surface area contributed by atoms with Crippen molar-refractivity contribution in [3.8, 4) is 50.1 Å². The molecule has 1 aromatic carbocycles. The number of ketones is 2. The molecule has 0 spiro atoms. The minimum absolute atomic E-state index is 0.0724. The lowest BCUT2D eigenvalue weighted by molar-refractivity contribution is 0.0980. The van der Waals surface area contributed by atoms with Crippen molar-refractivity contribution < 1.29 is 9.59 Å². The number of hydrogen-bond acceptors (Lipinski definition) is 12. The molecular weight excluding hydrogens is 1220 g/mol. The first-order chi connectivity index (χ1) is 41.2. The zero-order valence-electron chi connectivity index (χ0n) is 50.0. The van der Waals surface area contributed by atoms with Gasteiger partial charge in [-0.05, 0) is 116 Å². The number of fused-ring (bicyclic) bond motifs is 8. The molecule has 2 unspecified atom stereocenters. The summed E-state index contributed by atoms with van der Waals surface area (Å²) < 4.78 is 8.42. The van der Waals surface area contributed by atoms with Crippen LogP contribution < -0.4 is 0 Å². The van der Waals surface area contributed by atoms with Gasteiger partial charge in [-0.2, -0.15) is 0 Å². The van der Waals surface area contributed by atoms with E-state index in [0.717, 1.165) is 98.2 Å². The highest BCUT2D eigenvalue weighted by atomic mass is 32.1. The average molecular weight is 1300 g/mol. The topological polar surface area (TPSA) is 34.1 Å². The van der Waals surface area contributed by atoms with Gasteiger partial charge < -0.3 is 0 Å². The van der Waals surface area contributed by atoms with Crippen LogP contribution in [0.5, 0.6) is 0 Å². The van der Waals surface area contributed by atoms with Crippen molar-refractivity contribution in [2.24, 2.45) is 11.8 Å². The zero-order valence-corrected chi connectivity index (χ0v) is 58.1. The minimum atomic E-state index is 0.0724. The Bertz CT molecular complexity index is 4030. The monoisotopic (exact) mass is 1300 g/mol. The Labute approximate surface area is 539 Å². The van der Waals surface area contributed by atoms with E-state index in [4.69, 9.17) is 0 Å². The van der Waals surface area contributed by atoms with Crippen LogP contribution in [0.25, 0.3) is 89.1 Å². The third-order valence-electron chi connectivity index (χ3n) is 17.7. The molecule has 1 aliphatic carbocycles. The molecule has 0 amide bonds. The molecule has 11 aromatic rings. The summed E-state index contributed by atoms with van der Waals surface area (Å²) in [6.45, 7) is 13.8. The summed E-state index contributed by atoms with van der Waals surface area (Å²) >= 11 is 18.9. The average Bonchev–Trinajstić information content (AvgIpc) is 1.74. The Morgan fingerprint density at radius 3 is 1.45 bits per heavy atom. The molecule has 12 rings (SSSR count). The SMILES string of the molecule is CCCCCCCCc1ccc(-c2c3sc4cc(-c5ccc(-c6sc(-c7cccs7)c7c6C(=O)c6c(CC(CC)CCCC)sc(CC(CC)CCCC)c6C7=O)s5)sc4c3c(-c3ccc(CCCCCCCC)s3)c3sc4ccsc4c23)s1. The lowest BCUT2D eigenvalue weighted by atomic mass is 9.81. The second-order valence-corrected chi connectivity index (χ2v) is 34.2. The molecule has 2 nitrogen and oxygen atoms in total. The summed E-state index contributed by atoms with van der Waals surface area (Å²) in [7, 11) is 0. The molecule has 10 heterocycles. The van der Waals surface area contributed by atoms with Gasteiger partial charge in [0.25, 0.3) is 0 Å². The molecule has 10 aromatic heterocycles. The first kappa shape index (κ1) is 60.9. The highest BCUT2D eigenvalue weighted by Crippen LogP contribution is 2.59. The Morgan fingerprint density at radius 1 is 0.369 bits per heavy atom. The fraction of sp³-hybridized carbons (Fsp3) is 0.444. The van der Waals surface area contributed by atoms with Gasteiger partial charge in [0.1, 0.15) is 0 Å². The zero-order chi connectivity index (χ0) is 57.8. The van der Waals surface area contributed by atoms with Gasteiger partial charge in [0.15, 0.2) is 11.6 Å². The summed E-state index contributed by atoms with van der Waals surface area (Å²) in [6.07, 6.45) is 29.0. The third-order valence-corrected chi connectivity index (χ3v) is 29.6. The molecule has 2 atom stereocenters. The van der Waals surface area contributed by atoms with Gasteiger partial charge in [0.2, 0.25) is 0 Å². The van der Waals surface area contributed by atoms with E-state index in [9.17, 15) is 0 Å². The second-order valence-electron chi connectivity index (χ2n) is 23.6. The first-order valence-corrected chi connectivity index (χ1v) is 40.1. The van der Waals surface area contributed by atoms with Crippen LogP contribution in [0.1, 0.15) is 221 Å². The molecule has 0 radical (unpaired) electrons. The lowest BCUT2D eigenvalue weighted by Crippen LogP contribution is -2.22. The maximum atomic E-state index is 15.8. The van der Waals surface area contributed by atoms with Crippen LogP contribution in [-0.2, 0) is 25.7 Å². The summed E-state index contributed by atoms with van der Waals surface area (Å²) in [5, 5.41) is 7.28. The quantitative estimate of drug-likeness (QED) is 0.0406. The Morgan fingerprint density at radius 2 is 0.893 bits per heavy atom. The van der Waals surface area contributed by atoms with E-state index in [1.54, 1.807) is 45.3 Å². The van der Waals surface area contributed by atoms with E-state index >= 15 is 9.59 Å². The van der Waals surface area contributed by atoms with Gasteiger partial charge in [-0.25, -0.2) is 0 Å². The number of rotatable bonds is 31. The molecule has 0 saturated carbocycles. The normalized spacial score (nSPS) is 13.5. The van der Waals surface area contributed by atoms with Crippen molar-refractivity contribution in [3.63, 3.8) is 0 Å². The van der Waals surface area contributed by atoms with Gasteiger partial charge in [-0.1, -0.05) is 163 Å². The highest BCUT2D eigenvalue weighted by molar-refractivity contribution is 7.37. The van der Waals surface area contributed by atoms with Crippen LogP contribution in [-0.4, -0.2) is 11.6 Å². The van der Waals surface area contributed by atoms with Crippen molar-refractivity contribution in [2.75, 3.05) is 0 Å². The predicted molar refractivity (Wildman–Crippen MR) is 384 cm³/mol. The molecular formula is C72H80O2S10. The molecule has 12 heteroatoms. The Hall–Kier alpha value is -3.40. The molecule has 440 valence electrons. The van der Waals surface area contributed by atoms with Crippen molar-refractivity contribution in [1.82, 2.24) is 0 Å². The molecule has 0 bridgehead atoms. The van der Waals surface area contributed by atoms with Gasteiger partial charge >= 0.3 is 0 Å². The smallest absolute Gasteiger partial charge is 0.197 e. The van der Waals surface area contributed by atoms with Gasteiger partial charge in [-0.3, -0.25) is 9.59 Å². The number of carbonyl (C=O) groups excluding carboxylic acids is 2. The molecule has 84 heavy (non-hydrogen) atoms. The maximum Gasteiger partial charge on any atom is 0.197 e. The van der Waals surface area contributed by atoms with Gasteiger partial charge in [0, 0.05) is 101 Å². The van der Waals surface area contributed by atoms with Crippen LogP contribution in [0, 0.1) is 11.8 Å². The van der Waals surface area contributed by atoms with E-state index < -0.39 is 0 Å². The van der Waals surface area contributed by atoms with Gasteiger partial charge in [-0.15, -0.1) is 113 Å². The summed E-state index contributed by atoms with van der Waals surface area (Å²) in [6, 6.07) is 23.4. The van der Waals surface area contributed by atoms with E-state index in [-0.39, 0.29) is 11.6 Å². The largest absolute Gasteiger partial charge is 0.288 e. The highest BCUT2D eigenvalue weighted by Gasteiger charge is 2.42. The van der Waals surface area contributed by atoms with Gasteiger partial charge in [0.05, 0.1) is 30.3 Å². The Kier molecular flexibility index (Phi) is 20.3. The number of hydrogen-bond donors (Lipinski definition) is 0. The van der Waals surface area contributed by atoms with E-state index in [1.807, 2.05) is 68.0 Å². The number of unbranched alkanes of at least 4 members (excludes halogenated alkanes) is 12. The van der Waals surface area contributed by atoms with E-state index in [1.165, 1.54) is 176 Å².